The summed E-state index contributed by atoms with van der Waals surface area (Å²) in [7, 11) is 0. The van der Waals surface area contributed by atoms with Crippen molar-refractivity contribution in [1.29, 1.82) is 0 Å². The van der Waals surface area contributed by atoms with Crippen molar-refractivity contribution in [1.82, 2.24) is 15.4 Å². The number of anilines is 1. The van der Waals surface area contributed by atoms with Crippen LogP contribution in [-0.4, -0.2) is 35.6 Å². The van der Waals surface area contributed by atoms with Crippen LogP contribution in [-0.2, 0) is 9.63 Å². The van der Waals surface area contributed by atoms with Gasteiger partial charge in [-0.3, -0.25) is 14.6 Å². The molecule has 1 aromatic rings. The highest BCUT2D eigenvalue weighted by Gasteiger charge is 2.25. The summed E-state index contributed by atoms with van der Waals surface area (Å²) >= 11 is 0. The second kappa shape index (κ2) is 6.30. The van der Waals surface area contributed by atoms with Crippen molar-refractivity contribution in [3.05, 3.63) is 18.6 Å². The number of hydrogen-bond acceptors (Lipinski definition) is 5. The molecule has 98 valence electrons. The highest BCUT2D eigenvalue weighted by Crippen LogP contribution is 2.21. The fraction of sp³-hybridized carbons (Fsp3) is 0.583. The average Bonchev–Trinajstić information content (AvgIpc) is 2.46. The maximum Gasteiger partial charge on any atom is 0.246 e. The van der Waals surface area contributed by atoms with E-state index in [1.54, 1.807) is 18.6 Å². The zero-order valence-corrected chi connectivity index (χ0v) is 10.5. The van der Waals surface area contributed by atoms with Gasteiger partial charge in [-0.2, -0.15) is 0 Å². The molecule has 1 aromatic heterocycles. The number of nitrogens with one attached hydrogen (secondary N) is 1. The molecular formula is C12H18N4O2. The molecule has 1 fully saturated rings. The number of rotatable bonds is 4. The number of hydroxylamine groups is 1. The molecule has 0 saturated carbocycles. The van der Waals surface area contributed by atoms with E-state index < -0.39 is 0 Å². The van der Waals surface area contributed by atoms with E-state index in [2.05, 4.69) is 20.3 Å². The van der Waals surface area contributed by atoms with Gasteiger partial charge in [-0.15, -0.1) is 0 Å². The van der Waals surface area contributed by atoms with Gasteiger partial charge in [0.2, 0.25) is 5.91 Å². The number of hydrogen-bond donors (Lipinski definition) is 1. The Labute approximate surface area is 106 Å². The van der Waals surface area contributed by atoms with Crippen LogP contribution in [0.1, 0.15) is 19.8 Å². The minimum Gasteiger partial charge on any atom is -0.355 e. The third-order valence-electron chi connectivity index (χ3n) is 3.06. The summed E-state index contributed by atoms with van der Waals surface area (Å²) in [4.78, 5) is 27.1. The molecule has 1 amide bonds. The number of carbonyl (C=O) groups excluding carboxylic acids is 1. The summed E-state index contributed by atoms with van der Waals surface area (Å²) in [6, 6.07) is 0. The molecule has 0 spiro atoms. The van der Waals surface area contributed by atoms with Crippen molar-refractivity contribution in [3.8, 4) is 0 Å². The molecule has 0 unspecified atom stereocenters. The van der Waals surface area contributed by atoms with Gasteiger partial charge >= 0.3 is 0 Å². The molecule has 0 bridgehead atoms. The molecule has 6 nitrogen and oxygen atoms in total. The molecule has 1 aliphatic heterocycles. The first kappa shape index (κ1) is 12.8. The molecule has 2 rings (SSSR count). The van der Waals surface area contributed by atoms with Gasteiger partial charge < -0.3 is 4.90 Å². The average molecular weight is 250 g/mol. The quantitative estimate of drug-likeness (QED) is 0.799. The molecule has 1 saturated heterocycles. The first-order chi connectivity index (χ1) is 8.81. The topological polar surface area (TPSA) is 67.3 Å². The normalized spacial score (nSPS) is 16.6. The third-order valence-corrected chi connectivity index (χ3v) is 3.06. The van der Waals surface area contributed by atoms with Gasteiger partial charge in [0.25, 0.3) is 0 Å². The van der Waals surface area contributed by atoms with Crippen LogP contribution in [0.2, 0.25) is 0 Å². The lowest BCUT2D eigenvalue weighted by molar-refractivity contribution is -0.138. The van der Waals surface area contributed by atoms with Crippen LogP contribution in [0.25, 0.3) is 0 Å². The number of nitrogens with zero attached hydrogens (tertiary/aromatic N) is 3. The lowest BCUT2D eigenvalue weighted by Gasteiger charge is -2.31. The van der Waals surface area contributed by atoms with Gasteiger partial charge in [0, 0.05) is 31.4 Å². The summed E-state index contributed by atoms with van der Waals surface area (Å²) in [6.45, 7) is 3.98. The Morgan fingerprint density at radius 2 is 2.28 bits per heavy atom. The van der Waals surface area contributed by atoms with Crippen LogP contribution in [0.4, 0.5) is 5.82 Å². The predicted molar refractivity (Wildman–Crippen MR) is 66.7 cm³/mol. The Morgan fingerprint density at radius 3 is 2.89 bits per heavy atom. The van der Waals surface area contributed by atoms with Gasteiger partial charge in [0.05, 0.1) is 12.8 Å². The predicted octanol–water partition coefficient (Wildman–Crippen LogP) is 0.761. The summed E-state index contributed by atoms with van der Waals surface area (Å²) in [6.07, 6.45) is 6.72. The van der Waals surface area contributed by atoms with Crippen molar-refractivity contribution in [3.63, 3.8) is 0 Å². The van der Waals surface area contributed by atoms with Gasteiger partial charge in [-0.1, -0.05) is 0 Å². The molecule has 1 aliphatic rings. The van der Waals surface area contributed by atoms with Gasteiger partial charge in [-0.25, -0.2) is 10.5 Å². The van der Waals surface area contributed by atoms with Crippen molar-refractivity contribution in [2.45, 2.75) is 19.8 Å². The van der Waals surface area contributed by atoms with Gasteiger partial charge in [0.1, 0.15) is 5.82 Å². The van der Waals surface area contributed by atoms with E-state index in [4.69, 9.17) is 4.84 Å². The Morgan fingerprint density at radius 1 is 1.50 bits per heavy atom. The molecule has 0 atom stereocenters. The maximum atomic E-state index is 11.7. The van der Waals surface area contributed by atoms with Crippen LogP contribution in [0, 0.1) is 5.92 Å². The zero-order chi connectivity index (χ0) is 12.8. The Kier molecular flexibility index (Phi) is 4.46. The van der Waals surface area contributed by atoms with Crippen LogP contribution < -0.4 is 10.4 Å². The standard InChI is InChI=1S/C12H18N4O2/c1-2-18-15-12(17)10-3-7-16(8-4-10)11-9-13-5-6-14-11/h5-6,9-10H,2-4,7-8H2,1H3,(H,15,17). The fourth-order valence-electron chi connectivity index (χ4n) is 2.05. The Balaban J connectivity index is 1.83. The maximum absolute atomic E-state index is 11.7. The van der Waals surface area contributed by atoms with E-state index in [1.807, 2.05) is 6.92 Å². The Bertz CT molecular complexity index is 377. The van der Waals surface area contributed by atoms with Crippen LogP contribution in [0.15, 0.2) is 18.6 Å². The van der Waals surface area contributed by atoms with E-state index in [0.29, 0.717) is 6.61 Å². The minimum atomic E-state index is -0.0179. The van der Waals surface area contributed by atoms with E-state index in [1.165, 1.54) is 0 Å². The highest BCUT2D eigenvalue weighted by molar-refractivity contribution is 5.77. The molecule has 0 aromatic carbocycles. The summed E-state index contributed by atoms with van der Waals surface area (Å²) < 4.78 is 0. The van der Waals surface area contributed by atoms with Crippen molar-refractivity contribution >= 4 is 11.7 Å². The lowest BCUT2D eigenvalue weighted by Crippen LogP contribution is -2.40. The first-order valence-corrected chi connectivity index (χ1v) is 6.24. The lowest BCUT2D eigenvalue weighted by atomic mass is 9.96. The van der Waals surface area contributed by atoms with Crippen LogP contribution >= 0.6 is 0 Å². The molecule has 1 N–H and O–H groups in total. The molecule has 2 heterocycles. The Hall–Kier alpha value is -1.69. The second-order valence-electron chi connectivity index (χ2n) is 4.22. The highest BCUT2D eigenvalue weighted by atomic mass is 16.6. The molecule has 18 heavy (non-hydrogen) atoms. The van der Waals surface area contributed by atoms with E-state index >= 15 is 0 Å². The fourth-order valence-corrected chi connectivity index (χ4v) is 2.05. The van der Waals surface area contributed by atoms with Gasteiger partial charge in [-0.05, 0) is 19.8 Å². The van der Waals surface area contributed by atoms with Crippen molar-refractivity contribution in [2.75, 3.05) is 24.6 Å². The van der Waals surface area contributed by atoms with Crippen LogP contribution in [0.5, 0.6) is 0 Å². The molecule has 0 radical (unpaired) electrons. The van der Waals surface area contributed by atoms with Crippen molar-refractivity contribution < 1.29 is 9.63 Å². The molecular weight excluding hydrogens is 232 g/mol. The molecule has 0 aliphatic carbocycles. The molecule has 6 heteroatoms. The van der Waals surface area contributed by atoms with E-state index in [9.17, 15) is 4.79 Å². The summed E-state index contributed by atoms with van der Waals surface area (Å²) in [5.41, 5.74) is 2.47. The number of carbonyl (C=O) groups is 1. The second-order valence-corrected chi connectivity index (χ2v) is 4.22. The minimum absolute atomic E-state index is 0.0179. The largest absolute Gasteiger partial charge is 0.355 e. The smallest absolute Gasteiger partial charge is 0.246 e. The number of amides is 1. The monoisotopic (exact) mass is 250 g/mol. The third kappa shape index (κ3) is 3.16. The van der Waals surface area contributed by atoms with Gasteiger partial charge in [0.15, 0.2) is 0 Å². The number of piperidine rings is 1. The SMILES string of the molecule is CCONC(=O)C1CCN(c2cnccn2)CC1. The summed E-state index contributed by atoms with van der Waals surface area (Å²) in [5, 5.41) is 0. The first-order valence-electron chi connectivity index (χ1n) is 6.24. The zero-order valence-electron chi connectivity index (χ0n) is 10.5. The summed E-state index contributed by atoms with van der Waals surface area (Å²) in [5.74, 6) is 0.890. The van der Waals surface area contributed by atoms with E-state index in [0.717, 1.165) is 31.7 Å². The number of aromatic nitrogens is 2. The van der Waals surface area contributed by atoms with Crippen molar-refractivity contribution in [2.24, 2.45) is 5.92 Å². The van der Waals surface area contributed by atoms with E-state index in [-0.39, 0.29) is 11.8 Å². The van der Waals surface area contributed by atoms with Crippen LogP contribution in [0.3, 0.4) is 0 Å².